The highest BCUT2D eigenvalue weighted by Crippen LogP contribution is 2.24. The van der Waals surface area contributed by atoms with E-state index in [1.54, 1.807) is 12.1 Å². The highest BCUT2D eigenvalue weighted by Gasteiger charge is 2.04. The highest BCUT2D eigenvalue weighted by molar-refractivity contribution is 5.39. The van der Waals surface area contributed by atoms with Crippen molar-refractivity contribution in [3.8, 4) is 17.6 Å². The van der Waals surface area contributed by atoms with Crippen molar-refractivity contribution >= 4 is 0 Å². The molecular formula is C17H18N2O. The molecule has 0 saturated heterocycles. The fourth-order valence-electron chi connectivity index (χ4n) is 2.01. The Morgan fingerprint density at radius 3 is 2.55 bits per heavy atom. The second kappa shape index (κ2) is 6.74. The Kier molecular flexibility index (Phi) is 4.75. The molecule has 0 radical (unpaired) electrons. The summed E-state index contributed by atoms with van der Waals surface area (Å²) in [5.74, 6) is 1.45. The zero-order valence-electron chi connectivity index (χ0n) is 11.8. The first-order chi connectivity index (χ1) is 9.72. The van der Waals surface area contributed by atoms with Crippen LogP contribution in [0.5, 0.6) is 11.5 Å². The van der Waals surface area contributed by atoms with Crippen LogP contribution in [-0.2, 0) is 0 Å². The summed E-state index contributed by atoms with van der Waals surface area (Å²) in [7, 11) is 0. The van der Waals surface area contributed by atoms with Crippen LogP contribution >= 0.6 is 0 Å². The maximum absolute atomic E-state index is 8.86. The number of hydrogen-bond acceptors (Lipinski definition) is 3. The van der Waals surface area contributed by atoms with E-state index in [0.717, 1.165) is 12.3 Å². The van der Waals surface area contributed by atoms with Crippen LogP contribution in [-0.4, -0.2) is 6.54 Å². The average Bonchev–Trinajstić information content (AvgIpc) is 2.48. The van der Waals surface area contributed by atoms with Gasteiger partial charge in [0.2, 0.25) is 0 Å². The van der Waals surface area contributed by atoms with E-state index < -0.39 is 0 Å². The first-order valence-corrected chi connectivity index (χ1v) is 6.74. The summed E-state index contributed by atoms with van der Waals surface area (Å²) >= 11 is 0. The lowest BCUT2D eigenvalue weighted by molar-refractivity contribution is 0.481. The second-order valence-corrected chi connectivity index (χ2v) is 4.59. The lowest BCUT2D eigenvalue weighted by Gasteiger charge is -2.13. The Balaban J connectivity index is 2.09. The molecule has 0 aliphatic heterocycles. The third-order valence-electron chi connectivity index (χ3n) is 3.09. The Morgan fingerprint density at radius 1 is 1.15 bits per heavy atom. The van der Waals surface area contributed by atoms with Gasteiger partial charge in [0.15, 0.2) is 0 Å². The Hall–Kier alpha value is -2.31. The van der Waals surface area contributed by atoms with Gasteiger partial charge in [-0.3, -0.25) is 0 Å². The summed E-state index contributed by atoms with van der Waals surface area (Å²) in [6.07, 6.45) is 0. The van der Waals surface area contributed by atoms with E-state index in [2.05, 4.69) is 37.4 Å². The lowest BCUT2D eigenvalue weighted by Crippen LogP contribution is -2.17. The van der Waals surface area contributed by atoms with E-state index >= 15 is 0 Å². The molecule has 3 nitrogen and oxygen atoms in total. The first-order valence-electron chi connectivity index (χ1n) is 6.74. The van der Waals surface area contributed by atoms with Gasteiger partial charge in [0.25, 0.3) is 0 Å². The largest absolute Gasteiger partial charge is 0.457 e. The molecule has 0 fully saturated rings. The van der Waals surface area contributed by atoms with Crippen molar-refractivity contribution in [2.45, 2.75) is 19.9 Å². The van der Waals surface area contributed by atoms with Crippen LogP contribution in [0.1, 0.15) is 31.0 Å². The SMILES string of the molecule is CCNC(C)c1ccc(Oc2cccc(C#N)c2)cc1. The summed E-state index contributed by atoms with van der Waals surface area (Å²) in [6.45, 7) is 5.17. The van der Waals surface area contributed by atoms with Crippen molar-refractivity contribution in [1.82, 2.24) is 5.32 Å². The molecule has 0 saturated carbocycles. The van der Waals surface area contributed by atoms with Crippen LogP contribution < -0.4 is 10.1 Å². The minimum atomic E-state index is 0.330. The van der Waals surface area contributed by atoms with Crippen LogP contribution in [0.3, 0.4) is 0 Å². The van der Waals surface area contributed by atoms with Crippen LogP contribution in [0.4, 0.5) is 0 Å². The molecule has 0 aliphatic carbocycles. The molecule has 2 aromatic rings. The zero-order valence-corrected chi connectivity index (χ0v) is 11.8. The standard InChI is InChI=1S/C17H18N2O/c1-3-19-13(2)15-7-9-16(10-8-15)20-17-6-4-5-14(11-17)12-18/h4-11,13,19H,3H2,1-2H3. The molecule has 1 atom stereocenters. The van der Waals surface area contributed by atoms with Gasteiger partial charge in [-0.1, -0.05) is 25.1 Å². The van der Waals surface area contributed by atoms with Gasteiger partial charge in [-0.25, -0.2) is 0 Å². The fraction of sp³-hybridized carbons (Fsp3) is 0.235. The highest BCUT2D eigenvalue weighted by atomic mass is 16.5. The van der Waals surface area contributed by atoms with Crippen molar-refractivity contribution in [1.29, 1.82) is 5.26 Å². The Bertz CT molecular complexity index is 599. The predicted octanol–water partition coefficient (Wildman–Crippen LogP) is 4.02. The van der Waals surface area contributed by atoms with Crippen molar-refractivity contribution in [3.63, 3.8) is 0 Å². The third-order valence-corrected chi connectivity index (χ3v) is 3.09. The summed E-state index contributed by atoms with van der Waals surface area (Å²) in [5.41, 5.74) is 1.82. The Labute approximate surface area is 119 Å². The van der Waals surface area contributed by atoms with Gasteiger partial charge < -0.3 is 10.1 Å². The van der Waals surface area contributed by atoms with Crippen molar-refractivity contribution in [2.75, 3.05) is 6.54 Å². The zero-order chi connectivity index (χ0) is 14.4. The first kappa shape index (κ1) is 14.1. The molecule has 0 amide bonds. The van der Waals surface area contributed by atoms with E-state index in [9.17, 15) is 0 Å². The molecule has 0 aliphatic rings. The molecule has 0 bridgehead atoms. The molecule has 2 aromatic carbocycles. The quantitative estimate of drug-likeness (QED) is 0.889. The second-order valence-electron chi connectivity index (χ2n) is 4.59. The van der Waals surface area contributed by atoms with Crippen LogP contribution in [0, 0.1) is 11.3 Å². The van der Waals surface area contributed by atoms with Gasteiger partial charge in [0.05, 0.1) is 11.6 Å². The van der Waals surface area contributed by atoms with Gasteiger partial charge in [-0.15, -0.1) is 0 Å². The number of nitriles is 1. The normalized spacial score (nSPS) is 11.7. The topological polar surface area (TPSA) is 45.0 Å². The molecule has 0 heterocycles. The molecule has 102 valence electrons. The summed E-state index contributed by atoms with van der Waals surface area (Å²) < 4.78 is 5.74. The van der Waals surface area contributed by atoms with Gasteiger partial charge in [0.1, 0.15) is 11.5 Å². The molecule has 0 spiro atoms. The molecule has 2 rings (SSSR count). The van der Waals surface area contributed by atoms with Gasteiger partial charge in [-0.2, -0.15) is 5.26 Å². The van der Waals surface area contributed by atoms with E-state index in [0.29, 0.717) is 17.4 Å². The molecular weight excluding hydrogens is 248 g/mol. The molecule has 0 aromatic heterocycles. The number of nitrogens with zero attached hydrogens (tertiary/aromatic N) is 1. The summed E-state index contributed by atoms with van der Waals surface area (Å²) in [4.78, 5) is 0. The van der Waals surface area contributed by atoms with Crippen LogP contribution in [0.25, 0.3) is 0 Å². The number of rotatable bonds is 5. The predicted molar refractivity (Wildman–Crippen MR) is 79.8 cm³/mol. The van der Waals surface area contributed by atoms with Gasteiger partial charge in [0, 0.05) is 6.04 Å². The minimum Gasteiger partial charge on any atom is -0.457 e. The van der Waals surface area contributed by atoms with Crippen LogP contribution in [0.2, 0.25) is 0 Å². The summed E-state index contributed by atoms with van der Waals surface area (Å²) in [5, 5.41) is 12.2. The van der Waals surface area contributed by atoms with Gasteiger partial charge >= 0.3 is 0 Å². The third kappa shape index (κ3) is 3.59. The summed E-state index contributed by atoms with van der Waals surface area (Å²) in [6, 6.07) is 17.6. The maximum Gasteiger partial charge on any atom is 0.128 e. The minimum absolute atomic E-state index is 0.330. The monoisotopic (exact) mass is 266 g/mol. The lowest BCUT2D eigenvalue weighted by atomic mass is 10.1. The van der Waals surface area contributed by atoms with Gasteiger partial charge in [-0.05, 0) is 49.4 Å². The molecule has 20 heavy (non-hydrogen) atoms. The van der Waals surface area contributed by atoms with E-state index in [1.165, 1.54) is 5.56 Å². The Morgan fingerprint density at radius 2 is 1.90 bits per heavy atom. The van der Waals surface area contributed by atoms with Crippen molar-refractivity contribution in [2.24, 2.45) is 0 Å². The fourth-order valence-corrected chi connectivity index (χ4v) is 2.01. The van der Waals surface area contributed by atoms with Crippen molar-refractivity contribution < 1.29 is 4.74 Å². The van der Waals surface area contributed by atoms with Crippen LogP contribution in [0.15, 0.2) is 48.5 Å². The molecule has 3 heteroatoms. The molecule has 1 N–H and O–H groups in total. The maximum atomic E-state index is 8.86. The number of benzene rings is 2. The van der Waals surface area contributed by atoms with E-state index in [-0.39, 0.29) is 0 Å². The van der Waals surface area contributed by atoms with E-state index in [4.69, 9.17) is 10.00 Å². The number of nitrogens with one attached hydrogen (secondary N) is 1. The average molecular weight is 266 g/mol. The number of hydrogen-bond donors (Lipinski definition) is 1. The van der Waals surface area contributed by atoms with E-state index in [1.807, 2.05) is 24.3 Å². The number of ether oxygens (including phenoxy) is 1. The molecule has 1 unspecified atom stereocenters. The smallest absolute Gasteiger partial charge is 0.128 e. The van der Waals surface area contributed by atoms with Crippen molar-refractivity contribution in [3.05, 3.63) is 59.7 Å².